The first-order valence-electron chi connectivity index (χ1n) is 6.93. The minimum absolute atomic E-state index is 0.143. The van der Waals surface area contributed by atoms with Gasteiger partial charge in [-0.3, -0.25) is 14.6 Å². The molecule has 1 aromatic carbocycles. The van der Waals surface area contributed by atoms with E-state index in [2.05, 4.69) is 10.3 Å². The van der Waals surface area contributed by atoms with E-state index in [1.54, 1.807) is 0 Å². The van der Waals surface area contributed by atoms with E-state index in [0.717, 1.165) is 12.1 Å². The van der Waals surface area contributed by atoms with Crippen LogP contribution in [0.3, 0.4) is 0 Å². The molecule has 3 N–H and O–H groups in total. The number of alkyl halides is 3. The van der Waals surface area contributed by atoms with Crippen molar-refractivity contribution >= 4 is 11.8 Å². The molecule has 0 radical (unpaired) electrons. The molecule has 0 bridgehead atoms. The maximum atomic E-state index is 12.7. The van der Waals surface area contributed by atoms with Crippen molar-refractivity contribution in [2.75, 3.05) is 0 Å². The summed E-state index contributed by atoms with van der Waals surface area (Å²) in [4.78, 5) is 27.3. The van der Waals surface area contributed by atoms with Crippen molar-refractivity contribution < 1.29 is 22.8 Å². The second-order valence-corrected chi connectivity index (χ2v) is 5.07. The topological polar surface area (TPSA) is 85.1 Å². The van der Waals surface area contributed by atoms with Crippen molar-refractivity contribution in [3.05, 3.63) is 65.5 Å². The molecule has 0 aliphatic rings. The fourth-order valence-corrected chi connectivity index (χ4v) is 2.08. The van der Waals surface area contributed by atoms with Gasteiger partial charge in [0.1, 0.15) is 6.04 Å². The number of nitrogens with two attached hydrogens (primary N) is 1. The Morgan fingerprint density at radius 2 is 1.83 bits per heavy atom. The predicted octanol–water partition coefficient (Wildman–Crippen LogP) is 1.93. The van der Waals surface area contributed by atoms with Crippen molar-refractivity contribution in [3.63, 3.8) is 0 Å². The van der Waals surface area contributed by atoms with E-state index in [4.69, 9.17) is 5.73 Å². The summed E-state index contributed by atoms with van der Waals surface area (Å²) in [5, 5.41) is 2.42. The molecule has 126 valence electrons. The maximum absolute atomic E-state index is 12.7. The van der Waals surface area contributed by atoms with E-state index in [0.29, 0.717) is 0 Å². The van der Waals surface area contributed by atoms with E-state index < -0.39 is 29.6 Å². The third-order valence-electron chi connectivity index (χ3n) is 3.29. The number of nitrogens with one attached hydrogen (secondary N) is 1. The Balaban J connectivity index is 2.15. The molecular formula is C16H14F3N3O2. The normalized spacial score (nSPS) is 12.5. The molecule has 5 nitrogen and oxygen atoms in total. The first-order valence-corrected chi connectivity index (χ1v) is 6.93. The number of hydrogen-bond acceptors (Lipinski definition) is 3. The summed E-state index contributed by atoms with van der Waals surface area (Å²) in [7, 11) is 0. The molecule has 2 aromatic rings. The van der Waals surface area contributed by atoms with Crippen LogP contribution < -0.4 is 11.1 Å². The van der Waals surface area contributed by atoms with Gasteiger partial charge in [-0.2, -0.15) is 13.2 Å². The number of amides is 2. The van der Waals surface area contributed by atoms with Crippen LogP contribution in [-0.4, -0.2) is 22.8 Å². The van der Waals surface area contributed by atoms with E-state index in [1.807, 2.05) is 0 Å². The third-order valence-corrected chi connectivity index (χ3v) is 3.29. The highest BCUT2D eigenvalue weighted by molar-refractivity contribution is 5.97. The summed E-state index contributed by atoms with van der Waals surface area (Å²) < 4.78 is 38.2. The summed E-state index contributed by atoms with van der Waals surface area (Å²) in [5.74, 6) is -1.40. The lowest BCUT2D eigenvalue weighted by molar-refractivity contribution is -0.137. The molecule has 0 saturated carbocycles. The molecule has 0 aliphatic heterocycles. The van der Waals surface area contributed by atoms with Crippen molar-refractivity contribution in [2.45, 2.75) is 18.6 Å². The molecule has 1 atom stereocenters. The van der Waals surface area contributed by atoms with Crippen LogP contribution >= 0.6 is 0 Å². The minimum atomic E-state index is -4.49. The molecular weight excluding hydrogens is 323 g/mol. The monoisotopic (exact) mass is 337 g/mol. The van der Waals surface area contributed by atoms with Gasteiger partial charge in [0.25, 0.3) is 5.91 Å². The summed E-state index contributed by atoms with van der Waals surface area (Å²) >= 11 is 0. The average Bonchev–Trinajstić information content (AvgIpc) is 2.54. The second-order valence-electron chi connectivity index (χ2n) is 5.07. The quantitative estimate of drug-likeness (QED) is 0.874. The zero-order valence-corrected chi connectivity index (χ0v) is 12.4. The van der Waals surface area contributed by atoms with Gasteiger partial charge in [0.05, 0.1) is 5.56 Å². The Bertz CT molecular complexity index is 733. The molecule has 0 saturated heterocycles. The van der Waals surface area contributed by atoms with E-state index in [1.165, 1.54) is 36.7 Å². The van der Waals surface area contributed by atoms with Crippen LogP contribution in [0.4, 0.5) is 13.2 Å². The van der Waals surface area contributed by atoms with Gasteiger partial charge in [0, 0.05) is 24.4 Å². The number of aromatic nitrogens is 1. The Morgan fingerprint density at radius 1 is 1.17 bits per heavy atom. The van der Waals surface area contributed by atoms with E-state index in [-0.39, 0.29) is 17.5 Å². The molecule has 2 amide bonds. The van der Waals surface area contributed by atoms with E-state index >= 15 is 0 Å². The molecule has 0 fully saturated rings. The Kier molecular flexibility index (Phi) is 5.18. The first kappa shape index (κ1) is 17.5. The highest BCUT2D eigenvalue weighted by atomic mass is 19.4. The van der Waals surface area contributed by atoms with Gasteiger partial charge in [-0.1, -0.05) is 18.2 Å². The summed E-state index contributed by atoms with van der Waals surface area (Å²) in [6, 6.07) is 6.28. The number of carbonyl (C=O) groups is 2. The third kappa shape index (κ3) is 4.55. The molecule has 0 aliphatic carbocycles. The predicted molar refractivity (Wildman–Crippen MR) is 79.8 cm³/mol. The molecule has 1 heterocycles. The number of halogens is 3. The van der Waals surface area contributed by atoms with Crippen LogP contribution in [0, 0.1) is 0 Å². The van der Waals surface area contributed by atoms with Gasteiger partial charge in [0.2, 0.25) is 5.91 Å². The van der Waals surface area contributed by atoms with Crippen LogP contribution in [0.15, 0.2) is 48.8 Å². The highest BCUT2D eigenvalue weighted by Crippen LogP contribution is 2.29. The van der Waals surface area contributed by atoms with Crippen LogP contribution in [0.5, 0.6) is 0 Å². The molecule has 0 spiro atoms. The number of hydrogen-bond donors (Lipinski definition) is 2. The standard InChI is InChI=1S/C16H14F3N3O2/c17-16(18,19)12-3-1-2-10(8-12)9-13(14(20)23)22-15(24)11-4-6-21-7-5-11/h1-8,13H,9H2,(H2,20,23)(H,22,24)/t13-/m0/s1. The van der Waals surface area contributed by atoms with Crippen molar-refractivity contribution in [3.8, 4) is 0 Å². The molecule has 0 unspecified atom stereocenters. The lowest BCUT2D eigenvalue weighted by atomic mass is 10.0. The van der Waals surface area contributed by atoms with Gasteiger partial charge in [-0.25, -0.2) is 0 Å². The zero-order chi connectivity index (χ0) is 17.7. The Morgan fingerprint density at radius 3 is 2.42 bits per heavy atom. The highest BCUT2D eigenvalue weighted by Gasteiger charge is 2.30. The first-order chi connectivity index (χ1) is 11.3. The fraction of sp³-hybridized carbons (Fsp3) is 0.188. The second kappa shape index (κ2) is 7.12. The van der Waals surface area contributed by atoms with Gasteiger partial charge in [0.15, 0.2) is 0 Å². The van der Waals surface area contributed by atoms with Crippen LogP contribution in [0.25, 0.3) is 0 Å². The minimum Gasteiger partial charge on any atom is -0.368 e. The molecule has 24 heavy (non-hydrogen) atoms. The van der Waals surface area contributed by atoms with Gasteiger partial charge >= 0.3 is 6.18 Å². The Labute approximate surface area is 135 Å². The largest absolute Gasteiger partial charge is 0.416 e. The zero-order valence-electron chi connectivity index (χ0n) is 12.4. The van der Waals surface area contributed by atoms with Gasteiger partial charge < -0.3 is 11.1 Å². The van der Waals surface area contributed by atoms with Crippen molar-refractivity contribution in [2.24, 2.45) is 5.73 Å². The number of primary amides is 1. The van der Waals surface area contributed by atoms with Crippen LogP contribution in [-0.2, 0) is 17.4 Å². The summed E-state index contributed by atoms with van der Waals surface area (Å²) in [6.07, 6.45) is -1.82. The SMILES string of the molecule is NC(=O)[C@H](Cc1cccc(C(F)(F)F)c1)NC(=O)c1ccncc1. The van der Waals surface area contributed by atoms with Crippen molar-refractivity contribution in [1.82, 2.24) is 10.3 Å². The smallest absolute Gasteiger partial charge is 0.368 e. The van der Waals surface area contributed by atoms with Crippen molar-refractivity contribution in [1.29, 1.82) is 0 Å². The summed E-state index contributed by atoms with van der Waals surface area (Å²) in [6.45, 7) is 0. The van der Waals surface area contributed by atoms with Crippen LogP contribution in [0.2, 0.25) is 0 Å². The number of benzene rings is 1. The summed E-state index contributed by atoms with van der Waals surface area (Å²) in [5.41, 5.74) is 4.92. The molecule has 8 heteroatoms. The lowest BCUT2D eigenvalue weighted by Crippen LogP contribution is -2.45. The van der Waals surface area contributed by atoms with Gasteiger partial charge in [-0.05, 0) is 23.8 Å². The number of nitrogens with zero attached hydrogens (tertiary/aromatic N) is 1. The number of carbonyl (C=O) groups excluding carboxylic acids is 2. The maximum Gasteiger partial charge on any atom is 0.416 e. The number of rotatable bonds is 5. The number of pyridine rings is 1. The van der Waals surface area contributed by atoms with Crippen LogP contribution in [0.1, 0.15) is 21.5 Å². The van der Waals surface area contributed by atoms with E-state index in [9.17, 15) is 22.8 Å². The molecule has 2 rings (SSSR count). The fourth-order valence-electron chi connectivity index (χ4n) is 2.08. The lowest BCUT2D eigenvalue weighted by Gasteiger charge is -2.16. The molecule has 1 aromatic heterocycles. The van der Waals surface area contributed by atoms with Gasteiger partial charge in [-0.15, -0.1) is 0 Å². The average molecular weight is 337 g/mol. The Hall–Kier alpha value is -2.90.